The normalized spacial score (nSPS) is 13.7. The Morgan fingerprint density at radius 3 is 2.25 bits per heavy atom. The van der Waals surface area contributed by atoms with E-state index in [4.69, 9.17) is 4.74 Å². The number of amides is 2. The van der Waals surface area contributed by atoms with Crippen LogP contribution in [-0.2, 0) is 16.1 Å². The van der Waals surface area contributed by atoms with Crippen molar-refractivity contribution in [2.45, 2.75) is 27.3 Å². The van der Waals surface area contributed by atoms with Gasteiger partial charge < -0.3 is 10.1 Å². The molecule has 0 spiro atoms. The van der Waals surface area contributed by atoms with Crippen LogP contribution < -0.4 is 10.1 Å². The molecule has 32 heavy (non-hydrogen) atoms. The molecule has 1 aliphatic rings. The first-order chi connectivity index (χ1) is 15.4. The molecule has 5 nitrogen and oxygen atoms in total. The number of imide groups is 1. The summed E-state index contributed by atoms with van der Waals surface area (Å²) in [4.78, 5) is 28.2. The zero-order valence-electron chi connectivity index (χ0n) is 18.7. The fraction of sp³-hybridized carbons (Fsp3) is 0.185. The Morgan fingerprint density at radius 1 is 0.844 bits per heavy atom. The van der Waals surface area contributed by atoms with Gasteiger partial charge in [-0.25, -0.2) is 0 Å². The molecule has 3 aromatic carbocycles. The van der Waals surface area contributed by atoms with E-state index in [1.165, 1.54) is 4.90 Å². The maximum atomic E-state index is 13.5. The molecule has 162 valence electrons. The van der Waals surface area contributed by atoms with Gasteiger partial charge >= 0.3 is 0 Å². The summed E-state index contributed by atoms with van der Waals surface area (Å²) in [6, 6.07) is 21.0. The molecular weight excluding hydrogens is 400 g/mol. The van der Waals surface area contributed by atoms with Crippen LogP contribution >= 0.6 is 0 Å². The van der Waals surface area contributed by atoms with Crippen LogP contribution in [0.1, 0.15) is 27.8 Å². The van der Waals surface area contributed by atoms with Crippen molar-refractivity contribution in [2.75, 3.05) is 12.4 Å². The molecule has 0 bridgehead atoms. The highest BCUT2D eigenvalue weighted by Crippen LogP contribution is 2.32. The topological polar surface area (TPSA) is 58.6 Å². The smallest absolute Gasteiger partial charge is 0.278 e. The summed E-state index contributed by atoms with van der Waals surface area (Å²) in [6.07, 6.45) is 0. The summed E-state index contributed by atoms with van der Waals surface area (Å²) >= 11 is 0. The maximum absolute atomic E-state index is 13.5. The van der Waals surface area contributed by atoms with E-state index in [0.29, 0.717) is 11.3 Å². The van der Waals surface area contributed by atoms with Gasteiger partial charge in [0.15, 0.2) is 0 Å². The molecule has 1 aliphatic heterocycles. The largest absolute Gasteiger partial charge is 0.497 e. The van der Waals surface area contributed by atoms with Gasteiger partial charge in [0.2, 0.25) is 0 Å². The van der Waals surface area contributed by atoms with Crippen molar-refractivity contribution in [3.63, 3.8) is 0 Å². The SMILES string of the molecule is COc1ccc(CN2C(=O)C(Nc3cccc(C)c3)=C(c3ccc(C)c(C)c3)C2=O)cc1. The predicted molar refractivity (Wildman–Crippen MR) is 126 cm³/mol. The number of rotatable bonds is 6. The van der Waals surface area contributed by atoms with Gasteiger partial charge in [0.1, 0.15) is 11.4 Å². The second-order valence-electron chi connectivity index (χ2n) is 8.09. The van der Waals surface area contributed by atoms with Crippen molar-refractivity contribution in [1.82, 2.24) is 4.90 Å². The van der Waals surface area contributed by atoms with Crippen LogP contribution in [0.3, 0.4) is 0 Å². The summed E-state index contributed by atoms with van der Waals surface area (Å²) in [5.41, 5.74) is 6.32. The standard InChI is InChI=1S/C27H26N2O3/c1-17-6-5-7-22(14-17)28-25-24(21-11-8-18(2)19(3)15-21)26(30)29(27(25)31)16-20-9-12-23(32-4)13-10-20/h5-15,28H,16H2,1-4H3. The van der Waals surface area contributed by atoms with Crippen LogP contribution in [0.4, 0.5) is 5.69 Å². The number of hydrogen-bond acceptors (Lipinski definition) is 4. The highest BCUT2D eigenvalue weighted by molar-refractivity contribution is 6.36. The lowest BCUT2D eigenvalue weighted by Crippen LogP contribution is -2.32. The molecule has 0 fully saturated rings. The van der Waals surface area contributed by atoms with Crippen LogP contribution in [0.2, 0.25) is 0 Å². The predicted octanol–water partition coefficient (Wildman–Crippen LogP) is 5.01. The minimum Gasteiger partial charge on any atom is -0.497 e. The van der Waals surface area contributed by atoms with Crippen molar-refractivity contribution < 1.29 is 14.3 Å². The second-order valence-corrected chi connectivity index (χ2v) is 8.09. The molecule has 0 aromatic heterocycles. The Labute approximate surface area is 188 Å². The molecule has 2 amide bonds. The number of benzene rings is 3. The summed E-state index contributed by atoms with van der Waals surface area (Å²) in [7, 11) is 1.60. The van der Waals surface area contributed by atoms with Gasteiger partial charge in [0, 0.05) is 5.69 Å². The van der Waals surface area contributed by atoms with E-state index in [-0.39, 0.29) is 18.4 Å². The Hall–Kier alpha value is -3.86. The number of nitrogens with one attached hydrogen (secondary N) is 1. The molecule has 0 aliphatic carbocycles. The van der Waals surface area contributed by atoms with E-state index in [1.807, 2.05) is 87.5 Å². The Kier molecular flexibility index (Phi) is 5.82. The van der Waals surface area contributed by atoms with Gasteiger partial charge in [0.05, 0.1) is 19.2 Å². The Morgan fingerprint density at radius 2 is 1.59 bits per heavy atom. The molecule has 0 unspecified atom stereocenters. The third kappa shape index (κ3) is 4.14. The maximum Gasteiger partial charge on any atom is 0.278 e. The number of hydrogen-bond donors (Lipinski definition) is 1. The van der Waals surface area contributed by atoms with Crippen LogP contribution in [-0.4, -0.2) is 23.8 Å². The lowest BCUT2D eigenvalue weighted by atomic mass is 9.99. The molecule has 0 saturated carbocycles. The molecule has 4 rings (SSSR count). The molecular formula is C27H26N2O3. The minimum atomic E-state index is -0.333. The van der Waals surface area contributed by atoms with Crippen LogP contribution in [0, 0.1) is 20.8 Å². The number of anilines is 1. The summed E-state index contributed by atoms with van der Waals surface area (Å²) in [5.74, 6) is 0.0911. The van der Waals surface area contributed by atoms with E-state index in [9.17, 15) is 9.59 Å². The highest BCUT2D eigenvalue weighted by atomic mass is 16.5. The van der Waals surface area contributed by atoms with Gasteiger partial charge in [-0.2, -0.15) is 0 Å². The third-order valence-electron chi connectivity index (χ3n) is 5.75. The van der Waals surface area contributed by atoms with Crippen molar-refractivity contribution in [1.29, 1.82) is 0 Å². The molecule has 1 heterocycles. The van der Waals surface area contributed by atoms with Crippen LogP contribution in [0.25, 0.3) is 5.57 Å². The van der Waals surface area contributed by atoms with Crippen molar-refractivity contribution in [3.8, 4) is 5.75 Å². The first kappa shape index (κ1) is 21.4. The molecule has 0 atom stereocenters. The van der Waals surface area contributed by atoms with Crippen molar-refractivity contribution in [2.24, 2.45) is 0 Å². The van der Waals surface area contributed by atoms with Gasteiger partial charge in [-0.3, -0.25) is 14.5 Å². The summed E-state index contributed by atoms with van der Waals surface area (Å²) in [6.45, 7) is 6.21. The van der Waals surface area contributed by atoms with E-state index in [0.717, 1.165) is 39.3 Å². The van der Waals surface area contributed by atoms with E-state index in [2.05, 4.69) is 5.32 Å². The second kappa shape index (κ2) is 8.71. The van der Waals surface area contributed by atoms with Crippen LogP contribution in [0.15, 0.2) is 72.4 Å². The molecule has 5 heteroatoms. The van der Waals surface area contributed by atoms with E-state index in [1.54, 1.807) is 7.11 Å². The number of carbonyl (C=O) groups excluding carboxylic acids is 2. The number of aryl methyl sites for hydroxylation is 3. The minimum absolute atomic E-state index is 0.189. The molecule has 1 N–H and O–H groups in total. The number of carbonyl (C=O) groups is 2. The average molecular weight is 427 g/mol. The molecule has 0 radical (unpaired) electrons. The Bertz CT molecular complexity index is 1230. The summed E-state index contributed by atoms with van der Waals surface area (Å²) in [5, 5.41) is 3.23. The highest BCUT2D eigenvalue weighted by Gasteiger charge is 2.39. The quantitative estimate of drug-likeness (QED) is 0.563. The fourth-order valence-electron chi connectivity index (χ4n) is 3.78. The number of ether oxygens (including phenoxy) is 1. The number of methoxy groups -OCH3 is 1. The van der Waals surface area contributed by atoms with E-state index >= 15 is 0 Å². The molecule has 3 aromatic rings. The monoisotopic (exact) mass is 426 g/mol. The Balaban J connectivity index is 1.74. The zero-order chi connectivity index (χ0) is 22.8. The molecule has 0 saturated heterocycles. The van der Waals surface area contributed by atoms with Gasteiger partial charge in [-0.05, 0) is 72.9 Å². The fourth-order valence-corrected chi connectivity index (χ4v) is 3.78. The van der Waals surface area contributed by atoms with Crippen LogP contribution in [0.5, 0.6) is 5.75 Å². The lowest BCUT2D eigenvalue weighted by molar-refractivity contribution is -0.137. The zero-order valence-corrected chi connectivity index (χ0v) is 18.7. The van der Waals surface area contributed by atoms with Gasteiger partial charge in [-0.1, -0.05) is 42.5 Å². The average Bonchev–Trinajstić information content (AvgIpc) is 3.00. The lowest BCUT2D eigenvalue weighted by Gasteiger charge is -2.16. The van der Waals surface area contributed by atoms with Crippen molar-refractivity contribution in [3.05, 3.63) is 100 Å². The van der Waals surface area contributed by atoms with Gasteiger partial charge in [0.25, 0.3) is 11.8 Å². The van der Waals surface area contributed by atoms with E-state index < -0.39 is 0 Å². The summed E-state index contributed by atoms with van der Waals surface area (Å²) < 4.78 is 5.20. The first-order valence-electron chi connectivity index (χ1n) is 10.5. The van der Waals surface area contributed by atoms with Gasteiger partial charge in [-0.15, -0.1) is 0 Å². The number of nitrogens with zero attached hydrogens (tertiary/aromatic N) is 1. The third-order valence-corrected chi connectivity index (χ3v) is 5.75. The van der Waals surface area contributed by atoms with Crippen molar-refractivity contribution >= 4 is 23.1 Å². The first-order valence-corrected chi connectivity index (χ1v) is 10.5.